The van der Waals surface area contributed by atoms with Crippen molar-refractivity contribution in [3.63, 3.8) is 0 Å². The summed E-state index contributed by atoms with van der Waals surface area (Å²) >= 11 is 1.49. The first-order valence-corrected chi connectivity index (χ1v) is 5.89. The van der Waals surface area contributed by atoms with Gasteiger partial charge in [-0.1, -0.05) is 6.07 Å². The molecule has 0 saturated carbocycles. The van der Waals surface area contributed by atoms with Gasteiger partial charge in [0.2, 0.25) is 0 Å². The number of carbonyl (C=O) groups is 1. The van der Waals surface area contributed by atoms with Crippen molar-refractivity contribution in [1.82, 2.24) is 0 Å². The molecule has 0 fully saturated rings. The summed E-state index contributed by atoms with van der Waals surface area (Å²) in [6.45, 7) is 0. The van der Waals surface area contributed by atoms with E-state index in [1.807, 2.05) is 18.2 Å². The highest BCUT2D eigenvalue weighted by atomic mass is 32.2. The van der Waals surface area contributed by atoms with Gasteiger partial charge in [0.25, 0.3) is 0 Å². The van der Waals surface area contributed by atoms with Gasteiger partial charge in [0, 0.05) is 5.75 Å². The van der Waals surface area contributed by atoms with Gasteiger partial charge in [-0.05, 0) is 17.7 Å². The molecule has 1 aromatic rings. The molecule has 0 aliphatic heterocycles. The summed E-state index contributed by atoms with van der Waals surface area (Å²) in [6, 6.07) is 5.60. The third-order valence-electron chi connectivity index (χ3n) is 2.01. The Labute approximate surface area is 99.1 Å². The largest absolute Gasteiger partial charge is 0.495 e. The number of ether oxygens (including phenoxy) is 2. The van der Waals surface area contributed by atoms with Crippen LogP contribution in [0.3, 0.4) is 0 Å². The van der Waals surface area contributed by atoms with Gasteiger partial charge in [-0.25, -0.2) is 0 Å². The van der Waals surface area contributed by atoms with Gasteiger partial charge in [-0.2, -0.15) is 0 Å². The molecule has 0 bridgehead atoms. The molecule has 5 heteroatoms. The van der Waals surface area contributed by atoms with E-state index < -0.39 is 0 Å². The van der Waals surface area contributed by atoms with Crippen LogP contribution in [0.5, 0.6) is 5.75 Å². The topological polar surface area (TPSA) is 61.5 Å². The van der Waals surface area contributed by atoms with E-state index in [-0.39, 0.29) is 5.97 Å². The molecule has 0 unspecified atom stereocenters. The monoisotopic (exact) mass is 241 g/mol. The Kier molecular flexibility index (Phi) is 4.98. The minimum absolute atomic E-state index is 0.216. The van der Waals surface area contributed by atoms with E-state index in [4.69, 9.17) is 10.5 Å². The van der Waals surface area contributed by atoms with Gasteiger partial charge in [-0.15, -0.1) is 11.8 Å². The zero-order valence-corrected chi connectivity index (χ0v) is 10.2. The first-order chi connectivity index (χ1) is 7.67. The molecule has 0 saturated heterocycles. The highest BCUT2D eigenvalue weighted by Crippen LogP contribution is 2.24. The second-order valence-electron chi connectivity index (χ2n) is 3.15. The SMILES string of the molecule is COC(=O)CSCc1ccc(OC)c(N)c1. The molecule has 0 radical (unpaired) electrons. The van der Waals surface area contributed by atoms with Crippen molar-refractivity contribution in [2.75, 3.05) is 25.7 Å². The van der Waals surface area contributed by atoms with Gasteiger partial charge in [0.15, 0.2) is 0 Å². The maximum Gasteiger partial charge on any atom is 0.315 e. The molecule has 0 aliphatic rings. The number of anilines is 1. The average molecular weight is 241 g/mol. The molecule has 1 aromatic carbocycles. The van der Waals surface area contributed by atoms with Crippen LogP contribution < -0.4 is 10.5 Å². The summed E-state index contributed by atoms with van der Waals surface area (Å²) in [6.07, 6.45) is 0. The van der Waals surface area contributed by atoms with E-state index in [9.17, 15) is 4.79 Å². The van der Waals surface area contributed by atoms with Gasteiger partial charge >= 0.3 is 5.97 Å². The number of nitrogen functional groups attached to an aromatic ring is 1. The van der Waals surface area contributed by atoms with Crippen LogP contribution in [0, 0.1) is 0 Å². The second kappa shape index (κ2) is 6.27. The molecule has 0 heterocycles. The van der Waals surface area contributed by atoms with E-state index in [0.29, 0.717) is 17.2 Å². The van der Waals surface area contributed by atoms with Crippen molar-refractivity contribution < 1.29 is 14.3 Å². The molecule has 0 spiro atoms. The van der Waals surface area contributed by atoms with Crippen molar-refractivity contribution >= 4 is 23.4 Å². The van der Waals surface area contributed by atoms with Crippen LogP contribution in [0.4, 0.5) is 5.69 Å². The normalized spacial score (nSPS) is 9.88. The molecular formula is C11H15NO3S. The van der Waals surface area contributed by atoms with E-state index in [0.717, 1.165) is 11.3 Å². The molecule has 0 atom stereocenters. The summed E-state index contributed by atoms with van der Waals surface area (Å²) in [4.78, 5) is 10.9. The lowest BCUT2D eigenvalue weighted by molar-refractivity contribution is -0.137. The minimum Gasteiger partial charge on any atom is -0.495 e. The molecule has 88 valence electrons. The number of thioether (sulfide) groups is 1. The fourth-order valence-electron chi connectivity index (χ4n) is 1.18. The fraction of sp³-hybridized carbons (Fsp3) is 0.364. The zero-order valence-electron chi connectivity index (χ0n) is 9.36. The summed E-state index contributed by atoms with van der Waals surface area (Å²) < 4.78 is 9.60. The lowest BCUT2D eigenvalue weighted by atomic mass is 10.2. The summed E-state index contributed by atoms with van der Waals surface area (Å²) in [7, 11) is 2.96. The summed E-state index contributed by atoms with van der Waals surface area (Å²) in [5.74, 6) is 1.53. The maximum atomic E-state index is 10.9. The Bertz CT molecular complexity index is 368. The molecular weight excluding hydrogens is 226 g/mol. The second-order valence-corrected chi connectivity index (χ2v) is 4.13. The molecule has 2 N–H and O–H groups in total. The molecule has 0 aliphatic carbocycles. The third kappa shape index (κ3) is 3.66. The average Bonchev–Trinajstić information content (AvgIpc) is 2.29. The first kappa shape index (κ1) is 12.7. The van der Waals surface area contributed by atoms with Crippen molar-refractivity contribution in [2.24, 2.45) is 0 Å². The lowest BCUT2D eigenvalue weighted by Gasteiger charge is -2.06. The number of methoxy groups -OCH3 is 2. The quantitative estimate of drug-likeness (QED) is 0.628. The lowest BCUT2D eigenvalue weighted by Crippen LogP contribution is -2.03. The van der Waals surface area contributed by atoms with Crippen LogP contribution in [0.2, 0.25) is 0 Å². The van der Waals surface area contributed by atoms with Crippen LogP contribution in [-0.2, 0) is 15.3 Å². The number of hydrogen-bond acceptors (Lipinski definition) is 5. The Morgan fingerprint density at radius 2 is 2.19 bits per heavy atom. The maximum absolute atomic E-state index is 10.9. The number of nitrogens with two attached hydrogens (primary N) is 1. The zero-order chi connectivity index (χ0) is 12.0. The first-order valence-electron chi connectivity index (χ1n) is 4.74. The van der Waals surface area contributed by atoms with Crippen molar-refractivity contribution in [1.29, 1.82) is 0 Å². The molecule has 0 amide bonds. The van der Waals surface area contributed by atoms with E-state index in [1.165, 1.54) is 18.9 Å². The molecule has 1 rings (SSSR count). The van der Waals surface area contributed by atoms with Crippen LogP contribution in [0.1, 0.15) is 5.56 Å². The molecule has 0 aromatic heterocycles. The Morgan fingerprint density at radius 1 is 1.44 bits per heavy atom. The van der Waals surface area contributed by atoms with Crippen LogP contribution in [0.15, 0.2) is 18.2 Å². The number of rotatable bonds is 5. The highest BCUT2D eigenvalue weighted by Gasteiger charge is 2.03. The third-order valence-corrected chi connectivity index (χ3v) is 2.99. The Hall–Kier alpha value is -1.36. The van der Waals surface area contributed by atoms with Crippen molar-refractivity contribution in [2.45, 2.75) is 5.75 Å². The van der Waals surface area contributed by atoms with Gasteiger partial charge in [0.05, 0.1) is 25.7 Å². The van der Waals surface area contributed by atoms with E-state index in [1.54, 1.807) is 7.11 Å². The summed E-state index contributed by atoms with van der Waals surface area (Å²) in [5.41, 5.74) is 7.44. The Balaban J connectivity index is 2.49. The van der Waals surface area contributed by atoms with Crippen LogP contribution in [0.25, 0.3) is 0 Å². The van der Waals surface area contributed by atoms with E-state index >= 15 is 0 Å². The van der Waals surface area contributed by atoms with Crippen LogP contribution in [-0.4, -0.2) is 25.9 Å². The molecule has 16 heavy (non-hydrogen) atoms. The van der Waals surface area contributed by atoms with Gasteiger partial charge in [0.1, 0.15) is 5.75 Å². The predicted molar refractivity (Wildman–Crippen MR) is 65.6 cm³/mol. The highest BCUT2D eigenvalue weighted by molar-refractivity contribution is 7.99. The smallest absolute Gasteiger partial charge is 0.315 e. The standard InChI is InChI=1S/C11H15NO3S/c1-14-10-4-3-8(5-9(10)12)6-16-7-11(13)15-2/h3-5H,6-7,12H2,1-2H3. The number of hydrogen-bond donors (Lipinski definition) is 1. The fourth-order valence-corrected chi connectivity index (χ4v) is 1.99. The van der Waals surface area contributed by atoms with Crippen molar-refractivity contribution in [3.8, 4) is 5.75 Å². The van der Waals surface area contributed by atoms with Crippen molar-refractivity contribution in [3.05, 3.63) is 23.8 Å². The number of benzene rings is 1. The molecule has 4 nitrogen and oxygen atoms in total. The predicted octanol–water partition coefficient (Wildman–Crippen LogP) is 1.68. The van der Waals surface area contributed by atoms with Gasteiger partial charge in [-0.3, -0.25) is 4.79 Å². The van der Waals surface area contributed by atoms with E-state index in [2.05, 4.69) is 4.74 Å². The van der Waals surface area contributed by atoms with Crippen LogP contribution >= 0.6 is 11.8 Å². The summed E-state index contributed by atoms with van der Waals surface area (Å²) in [5, 5.41) is 0. The number of carbonyl (C=O) groups excluding carboxylic acids is 1. The Morgan fingerprint density at radius 3 is 2.75 bits per heavy atom. The number of esters is 1. The minimum atomic E-state index is -0.216. The van der Waals surface area contributed by atoms with Gasteiger partial charge < -0.3 is 15.2 Å².